The van der Waals surface area contributed by atoms with Gasteiger partial charge < -0.3 is 10.1 Å². The second-order valence-corrected chi connectivity index (χ2v) is 4.89. The van der Waals surface area contributed by atoms with E-state index in [0.29, 0.717) is 5.69 Å². The van der Waals surface area contributed by atoms with E-state index < -0.39 is 11.6 Å². The Kier molecular flexibility index (Phi) is 5.09. The molecule has 22 heavy (non-hydrogen) atoms. The number of carbonyl (C=O) groups excluding carboxylic acids is 1. The normalized spacial score (nSPS) is 10.4. The summed E-state index contributed by atoms with van der Waals surface area (Å²) in [6.07, 6.45) is 0.281. The standard InChI is InChI=1S/C17H17F2NO2/c1-3-17(21)20-15-6-4-5-13(18)12(15)10-22-16-8-7-11(2)9-14(16)19/h4-9H,3,10H2,1-2H3,(H,20,21). The number of benzene rings is 2. The van der Waals surface area contributed by atoms with Gasteiger partial charge in [-0.25, -0.2) is 8.78 Å². The Labute approximate surface area is 127 Å². The van der Waals surface area contributed by atoms with Crippen LogP contribution in [-0.2, 0) is 11.4 Å². The SMILES string of the molecule is CCC(=O)Nc1cccc(F)c1COc1ccc(C)cc1F. The third kappa shape index (κ3) is 3.81. The molecule has 2 rings (SSSR count). The van der Waals surface area contributed by atoms with E-state index in [9.17, 15) is 13.6 Å². The fourth-order valence-corrected chi connectivity index (χ4v) is 1.93. The highest BCUT2D eigenvalue weighted by Crippen LogP contribution is 2.24. The summed E-state index contributed by atoms with van der Waals surface area (Å²) >= 11 is 0. The molecule has 0 saturated heterocycles. The zero-order valence-electron chi connectivity index (χ0n) is 12.5. The zero-order valence-corrected chi connectivity index (χ0v) is 12.5. The largest absolute Gasteiger partial charge is 0.486 e. The van der Waals surface area contributed by atoms with Gasteiger partial charge in [-0.3, -0.25) is 4.79 Å². The lowest BCUT2D eigenvalue weighted by atomic mass is 10.1. The van der Waals surface area contributed by atoms with Crippen molar-refractivity contribution in [3.63, 3.8) is 0 Å². The Balaban J connectivity index is 2.19. The minimum absolute atomic E-state index is 0.0432. The van der Waals surface area contributed by atoms with Crippen LogP contribution in [0.2, 0.25) is 0 Å². The summed E-state index contributed by atoms with van der Waals surface area (Å²) < 4.78 is 33.0. The number of nitrogens with one attached hydrogen (secondary N) is 1. The Morgan fingerprint density at radius 1 is 1.18 bits per heavy atom. The first kappa shape index (κ1) is 15.9. The minimum atomic E-state index is -0.513. The van der Waals surface area contributed by atoms with Crippen molar-refractivity contribution in [3.8, 4) is 5.75 Å². The number of aryl methyl sites for hydroxylation is 1. The summed E-state index contributed by atoms with van der Waals surface area (Å²) in [5.74, 6) is -1.20. The third-order valence-corrected chi connectivity index (χ3v) is 3.17. The molecule has 0 heterocycles. The molecule has 0 fully saturated rings. The minimum Gasteiger partial charge on any atom is -0.486 e. The second-order valence-electron chi connectivity index (χ2n) is 4.89. The number of rotatable bonds is 5. The molecule has 2 aromatic rings. The fourth-order valence-electron chi connectivity index (χ4n) is 1.93. The zero-order chi connectivity index (χ0) is 16.1. The Morgan fingerprint density at radius 2 is 1.95 bits per heavy atom. The van der Waals surface area contributed by atoms with Crippen LogP contribution in [0.5, 0.6) is 5.75 Å². The quantitative estimate of drug-likeness (QED) is 0.899. The Morgan fingerprint density at radius 3 is 2.64 bits per heavy atom. The van der Waals surface area contributed by atoms with Crippen LogP contribution in [0.1, 0.15) is 24.5 Å². The predicted molar refractivity (Wildman–Crippen MR) is 80.8 cm³/mol. The highest BCUT2D eigenvalue weighted by molar-refractivity contribution is 5.91. The smallest absolute Gasteiger partial charge is 0.224 e. The molecule has 2 aromatic carbocycles. The summed E-state index contributed by atoms with van der Waals surface area (Å²) in [6.45, 7) is 3.29. The average Bonchev–Trinajstić information content (AvgIpc) is 2.48. The van der Waals surface area contributed by atoms with Crippen molar-refractivity contribution in [1.29, 1.82) is 0 Å². The molecule has 0 aliphatic rings. The molecular weight excluding hydrogens is 288 g/mol. The molecule has 0 aliphatic carbocycles. The predicted octanol–water partition coefficient (Wildman–Crippen LogP) is 4.20. The van der Waals surface area contributed by atoms with Crippen molar-refractivity contribution < 1.29 is 18.3 Å². The van der Waals surface area contributed by atoms with Crippen molar-refractivity contribution in [2.24, 2.45) is 0 Å². The van der Waals surface area contributed by atoms with E-state index >= 15 is 0 Å². The first-order valence-electron chi connectivity index (χ1n) is 6.97. The molecule has 0 aliphatic heterocycles. The Hall–Kier alpha value is -2.43. The maximum absolute atomic E-state index is 13.9. The Bertz CT molecular complexity index is 686. The second kappa shape index (κ2) is 7.02. The van der Waals surface area contributed by atoms with E-state index in [1.54, 1.807) is 26.0 Å². The van der Waals surface area contributed by atoms with Gasteiger partial charge in [0.25, 0.3) is 0 Å². The maximum Gasteiger partial charge on any atom is 0.224 e. The molecule has 0 bridgehead atoms. The molecule has 0 aromatic heterocycles. The molecule has 5 heteroatoms. The number of ether oxygens (including phenoxy) is 1. The molecule has 0 radical (unpaired) electrons. The van der Waals surface area contributed by atoms with Crippen LogP contribution in [-0.4, -0.2) is 5.91 Å². The van der Waals surface area contributed by atoms with Gasteiger partial charge in [-0.15, -0.1) is 0 Å². The number of anilines is 1. The van der Waals surface area contributed by atoms with Crippen LogP contribution in [0.4, 0.5) is 14.5 Å². The van der Waals surface area contributed by atoms with E-state index in [1.165, 1.54) is 24.3 Å². The van der Waals surface area contributed by atoms with Gasteiger partial charge in [-0.1, -0.05) is 19.1 Å². The molecule has 0 atom stereocenters. The average molecular weight is 305 g/mol. The highest BCUT2D eigenvalue weighted by Gasteiger charge is 2.12. The number of hydrogen-bond donors (Lipinski definition) is 1. The lowest BCUT2D eigenvalue weighted by Gasteiger charge is -2.13. The van der Waals surface area contributed by atoms with Gasteiger partial charge in [0.15, 0.2) is 11.6 Å². The number of halogens is 2. The summed E-state index contributed by atoms with van der Waals surface area (Å²) in [4.78, 5) is 11.5. The van der Waals surface area contributed by atoms with Gasteiger partial charge in [0.2, 0.25) is 5.91 Å². The van der Waals surface area contributed by atoms with Crippen molar-refractivity contribution in [1.82, 2.24) is 0 Å². The van der Waals surface area contributed by atoms with Crippen molar-refractivity contribution in [3.05, 3.63) is 59.2 Å². The third-order valence-electron chi connectivity index (χ3n) is 3.17. The fraction of sp³-hybridized carbons (Fsp3) is 0.235. The van der Waals surface area contributed by atoms with Gasteiger partial charge >= 0.3 is 0 Å². The van der Waals surface area contributed by atoms with Crippen LogP contribution in [0.25, 0.3) is 0 Å². The van der Waals surface area contributed by atoms with E-state index in [0.717, 1.165) is 5.56 Å². The first-order valence-corrected chi connectivity index (χ1v) is 6.97. The molecule has 1 amide bonds. The van der Waals surface area contributed by atoms with Crippen LogP contribution in [0.3, 0.4) is 0 Å². The number of amides is 1. The lowest BCUT2D eigenvalue weighted by Crippen LogP contribution is -2.13. The molecule has 0 unspecified atom stereocenters. The summed E-state index contributed by atoms with van der Waals surface area (Å²) in [7, 11) is 0. The van der Waals surface area contributed by atoms with Crippen molar-refractivity contribution in [2.75, 3.05) is 5.32 Å². The van der Waals surface area contributed by atoms with Gasteiger partial charge in [0, 0.05) is 12.0 Å². The summed E-state index contributed by atoms with van der Waals surface area (Å²) in [5, 5.41) is 2.61. The van der Waals surface area contributed by atoms with Crippen LogP contribution >= 0.6 is 0 Å². The summed E-state index contributed by atoms with van der Waals surface area (Å²) in [6, 6.07) is 8.90. The topological polar surface area (TPSA) is 38.3 Å². The van der Waals surface area contributed by atoms with E-state index in [1.807, 2.05) is 0 Å². The maximum atomic E-state index is 13.9. The van der Waals surface area contributed by atoms with E-state index in [-0.39, 0.29) is 30.2 Å². The van der Waals surface area contributed by atoms with E-state index in [2.05, 4.69) is 5.32 Å². The van der Waals surface area contributed by atoms with Gasteiger partial charge in [0.1, 0.15) is 12.4 Å². The van der Waals surface area contributed by atoms with Crippen molar-refractivity contribution in [2.45, 2.75) is 26.9 Å². The molecule has 0 spiro atoms. The lowest BCUT2D eigenvalue weighted by molar-refractivity contribution is -0.115. The monoisotopic (exact) mass is 305 g/mol. The van der Waals surface area contributed by atoms with Gasteiger partial charge in [-0.05, 0) is 36.8 Å². The van der Waals surface area contributed by atoms with Gasteiger partial charge in [0.05, 0.1) is 5.69 Å². The highest BCUT2D eigenvalue weighted by atomic mass is 19.1. The van der Waals surface area contributed by atoms with Crippen LogP contribution in [0.15, 0.2) is 36.4 Å². The number of hydrogen-bond acceptors (Lipinski definition) is 2. The van der Waals surface area contributed by atoms with Crippen LogP contribution < -0.4 is 10.1 Å². The molecule has 1 N–H and O–H groups in total. The van der Waals surface area contributed by atoms with E-state index in [4.69, 9.17) is 4.74 Å². The summed E-state index contributed by atoms with van der Waals surface area (Å²) in [5.41, 5.74) is 1.29. The number of carbonyl (C=O) groups is 1. The van der Waals surface area contributed by atoms with Crippen LogP contribution in [0, 0.1) is 18.6 Å². The molecule has 116 valence electrons. The van der Waals surface area contributed by atoms with Gasteiger partial charge in [-0.2, -0.15) is 0 Å². The first-order chi connectivity index (χ1) is 10.5. The molecule has 3 nitrogen and oxygen atoms in total. The molecular formula is C17H17F2NO2. The molecule has 0 saturated carbocycles. The van der Waals surface area contributed by atoms with Crippen molar-refractivity contribution >= 4 is 11.6 Å².